The van der Waals surface area contributed by atoms with E-state index in [1.165, 1.54) is 12.7 Å². The highest BCUT2D eigenvalue weighted by molar-refractivity contribution is 7.53. The van der Waals surface area contributed by atoms with Crippen molar-refractivity contribution in [1.29, 1.82) is 0 Å². The maximum atomic E-state index is 12.2. The number of urea groups is 1. The number of carboxylic acid groups (broad SMARTS) is 1. The van der Waals surface area contributed by atoms with E-state index in [9.17, 15) is 19.0 Å². The Morgan fingerprint density at radius 1 is 1.13 bits per heavy atom. The van der Waals surface area contributed by atoms with Gasteiger partial charge in [-0.3, -0.25) is 19.2 Å². The maximum Gasteiger partial charge on any atom is 0.339 e. The van der Waals surface area contributed by atoms with Gasteiger partial charge in [-0.15, -0.1) is 0 Å². The summed E-state index contributed by atoms with van der Waals surface area (Å²) >= 11 is 0. The topological polar surface area (TPSA) is 196 Å². The third-order valence-corrected chi connectivity index (χ3v) is 7.35. The summed E-state index contributed by atoms with van der Waals surface area (Å²) in [4.78, 5) is 45.7. The van der Waals surface area contributed by atoms with E-state index < -0.39 is 63.2 Å². The Hall–Kier alpha value is -3.46. The Labute approximate surface area is 222 Å². The van der Waals surface area contributed by atoms with Gasteiger partial charge >= 0.3 is 19.6 Å². The number of ether oxygens (including phenoxy) is 3. The normalized spacial score (nSPS) is 25.7. The SMILES string of the molecule is CCNC(=O)Nc1ncnc2c1ncn2[C@@H]1O[C@H](COP(=O)(O)CC(=O)O)C2OC(Cc3ccccc3)OC21. The minimum atomic E-state index is -4.41. The number of amides is 2. The van der Waals surface area contributed by atoms with Crippen LogP contribution < -0.4 is 10.6 Å². The Morgan fingerprint density at radius 2 is 1.90 bits per heavy atom. The molecule has 4 N–H and O–H groups in total. The molecule has 2 saturated heterocycles. The minimum Gasteiger partial charge on any atom is -0.481 e. The summed E-state index contributed by atoms with van der Waals surface area (Å²) < 4.78 is 37.4. The number of fused-ring (bicyclic) bond motifs is 2. The minimum absolute atomic E-state index is 0.194. The molecule has 0 spiro atoms. The molecule has 6 atom stereocenters. The summed E-state index contributed by atoms with van der Waals surface area (Å²) in [5.41, 5.74) is 1.64. The molecule has 3 aromatic rings. The zero-order valence-electron chi connectivity index (χ0n) is 20.7. The number of imidazole rings is 1. The molecule has 2 aliphatic heterocycles. The smallest absolute Gasteiger partial charge is 0.339 e. The van der Waals surface area contributed by atoms with Crippen LogP contribution in [-0.2, 0) is 34.5 Å². The van der Waals surface area contributed by atoms with E-state index in [4.69, 9.17) is 23.8 Å². The van der Waals surface area contributed by atoms with Crippen molar-refractivity contribution in [3.63, 3.8) is 0 Å². The molecule has 2 fully saturated rings. The maximum absolute atomic E-state index is 12.2. The summed E-state index contributed by atoms with van der Waals surface area (Å²) in [6.45, 7) is 1.79. The molecule has 4 unspecified atom stereocenters. The van der Waals surface area contributed by atoms with Gasteiger partial charge in [0.05, 0.1) is 12.9 Å². The molecule has 5 rings (SSSR count). The largest absolute Gasteiger partial charge is 0.481 e. The lowest BCUT2D eigenvalue weighted by molar-refractivity contribution is -0.148. The van der Waals surface area contributed by atoms with E-state index in [0.717, 1.165) is 5.56 Å². The van der Waals surface area contributed by atoms with Crippen LogP contribution in [0, 0.1) is 0 Å². The van der Waals surface area contributed by atoms with Gasteiger partial charge in [-0.05, 0) is 12.5 Å². The molecule has 0 radical (unpaired) electrons. The number of carbonyl (C=O) groups excluding carboxylic acids is 1. The molecule has 208 valence electrons. The fourth-order valence-electron chi connectivity index (χ4n) is 4.51. The Kier molecular flexibility index (Phi) is 7.88. The number of hydrogen-bond donors (Lipinski definition) is 4. The summed E-state index contributed by atoms with van der Waals surface area (Å²) in [6, 6.07) is 9.13. The number of aromatic nitrogens is 4. The van der Waals surface area contributed by atoms with Crippen LogP contribution in [0.25, 0.3) is 11.2 Å². The monoisotopic (exact) mass is 562 g/mol. The number of benzene rings is 1. The first-order chi connectivity index (χ1) is 18.7. The van der Waals surface area contributed by atoms with Gasteiger partial charge in [0.25, 0.3) is 0 Å². The quantitative estimate of drug-likeness (QED) is 0.260. The lowest BCUT2D eigenvalue weighted by atomic mass is 10.1. The molecule has 1 aromatic carbocycles. The molecule has 2 aliphatic rings. The molecule has 0 bridgehead atoms. The second kappa shape index (κ2) is 11.3. The van der Waals surface area contributed by atoms with E-state index in [2.05, 4.69) is 25.6 Å². The molecule has 4 heterocycles. The van der Waals surface area contributed by atoms with Crippen LogP contribution in [0.4, 0.5) is 10.6 Å². The van der Waals surface area contributed by atoms with Crippen molar-refractivity contribution in [3.05, 3.63) is 48.5 Å². The number of nitrogens with one attached hydrogen (secondary N) is 2. The molecular formula is C23H27N6O9P. The number of carboxylic acids is 1. The average Bonchev–Trinajstić information content (AvgIpc) is 3.57. The summed E-state index contributed by atoms with van der Waals surface area (Å²) in [5, 5.41) is 14.2. The Bertz CT molecular complexity index is 1390. The summed E-state index contributed by atoms with van der Waals surface area (Å²) in [6.07, 6.45) is -1.61. The predicted molar refractivity (Wildman–Crippen MR) is 134 cm³/mol. The van der Waals surface area contributed by atoms with Crippen molar-refractivity contribution in [3.8, 4) is 0 Å². The van der Waals surface area contributed by atoms with Gasteiger partial charge in [0.1, 0.15) is 30.8 Å². The number of aliphatic carboxylic acids is 1. The second-order valence-corrected chi connectivity index (χ2v) is 10.8. The van der Waals surface area contributed by atoms with Gasteiger partial charge in [0, 0.05) is 13.0 Å². The van der Waals surface area contributed by atoms with Gasteiger partial charge < -0.3 is 34.1 Å². The fraction of sp³-hybridized carbons (Fsp3) is 0.435. The number of nitrogens with zero attached hydrogens (tertiary/aromatic N) is 4. The van der Waals surface area contributed by atoms with Gasteiger partial charge in [-0.25, -0.2) is 19.7 Å². The Morgan fingerprint density at radius 3 is 2.64 bits per heavy atom. The highest BCUT2D eigenvalue weighted by Crippen LogP contribution is 2.45. The highest BCUT2D eigenvalue weighted by Gasteiger charge is 2.54. The van der Waals surface area contributed by atoms with Crippen molar-refractivity contribution in [2.45, 2.75) is 44.2 Å². The first-order valence-corrected chi connectivity index (χ1v) is 13.9. The molecule has 16 heteroatoms. The van der Waals surface area contributed by atoms with Gasteiger partial charge in [0.2, 0.25) is 0 Å². The predicted octanol–water partition coefficient (Wildman–Crippen LogP) is 1.50. The van der Waals surface area contributed by atoms with Gasteiger partial charge in [0.15, 0.2) is 29.5 Å². The standard InChI is InChI=1S/C23H27N6O9P/c1-2-24-23(32)28-20-17-21(26-11-25-20)29(12-27-17)22-19-18(14(36-22)9-35-39(33,34)10-15(30)31)37-16(38-19)8-13-6-4-3-5-7-13/h3-7,11-12,14,16,18-19,22H,2,8-10H2,1H3,(H,30,31)(H,33,34)(H2,24,25,26,28,32)/t14-,16?,18?,19?,22-/m1/s1. The molecule has 2 amide bonds. The third-order valence-electron chi connectivity index (χ3n) is 6.13. The van der Waals surface area contributed by atoms with Crippen LogP contribution in [0.1, 0.15) is 18.7 Å². The lowest BCUT2D eigenvalue weighted by Crippen LogP contribution is -2.32. The number of rotatable bonds is 10. The van der Waals surface area contributed by atoms with Crippen LogP contribution in [0.5, 0.6) is 0 Å². The van der Waals surface area contributed by atoms with Gasteiger partial charge in [-0.2, -0.15) is 0 Å². The third kappa shape index (κ3) is 6.08. The number of anilines is 1. The van der Waals surface area contributed by atoms with Crippen LogP contribution in [-0.4, -0.2) is 85.4 Å². The molecule has 0 saturated carbocycles. The zero-order chi connectivity index (χ0) is 27.6. The number of hydrogen-bond acceptors (Lipinski definition) is 10. The van der Waals surface area contributed by atoms with E-state index in [1.54, 1.807) is 11.5 Å². The summed E-state index contributed by atoms with van der Waals surface area (Å²) in [7, 11) is -4.41. The molecule has 2 aromatic heterocycles. The van der Waals surface area contributed by atoms with Crippen molar-refractivity contribution in [2.24, 2.45) is 0 Å². The second-order valence-electron chi connectivity index (χ2n) is 8.90. The molecule has 15 nitrogen and oxygen atoms in total. The van der Waals surface area contributed by atoms with Crippen LogP contribution in [0.3, 0.4) is 0 Å². The van der Waals surface area contributed by atoms with Crippen LogP contribution in [0.2, 0.25) is 0 Å². The first kappa shape index (κ1) is 27.1. The van der Waals surface area contributed by atoms with E-state index >= 15 is 0 Å². The lowest BCUT2D eigenvalue weighted by Gasteiger charge is -2.22. The molecule has 0 aliphatic carbocycles. The fourth-order valence-corrected chi connectivity index (χ4v) is 5.32. The van der Waals surface area contributed by atoms with Crippen LogP contribution in [0.15, 0.2) is 43.0 Å². The van der Waals surface area contributed by atoms with Crippen molar-refractivity contribution < 1.29 is 42.9 Å². The van der Waals surface area contributed by atoms with Crippen molar-refractivity contribution in [2.75, 3.05) is 24.6 Å². The molecule has 39 heavy (non-hydrogen) atoms. The van der Waals surface area contributed by atoms with E-state index in [0.29, 0.717) is 24.1 Å². The first-order valence-electron chi connectivity index (χ1n) is 12.1. The van der Waals surface area contributed by atoms with Crippen LogP contribution >= 0.6 is 7.60 Å². The van der Waals surface area contributed by atoms with Gasteiger partial charge in [-0.1, -0.05) is 30.3 Å². The van der Waals surface area contributed by atoms with Crippen molar-refractivity contribution >= 4 is 36.6 Å². The molecular weight excluding hydrogens is 535 g/mol. The summed E-state index contributed by atoms with van der Waals surface area (Å²) in [5.74, 6) is -1.27. The van der Waals surface area contributed by atoms with E-state index in [-0.39, 0.29) is 5.82 Å². The Balaban J connectivity index is 1.40. The average molecular weight is 562 g/mol. The van der Waals surface area contributed by atoms with Crippen molar-refractivity contribution in [1.82, 2.24) is 24.8 Å². The van der Waals surface area contributed by atoms with E-state index in [1.807, 2.05) is 30.3 Å². The zero-order valence-corrected chi connectivity index (χ0v) is 21.6. The number of carbonyl (C=O) groups is 2. The highest BCUT2D eigenvalue weighted by atomic mass is 31.2.